The van der Waals surface area contributed by atoms with Gasteiger partial charge in [-0.05, 0) is 82.0 Å². The Labute approximate surface area is 202 Å². The highest BCUT2D eigenvalue weighted by Gasteiger charge is 2.54. The summed E-state index contributed by atoms with van der Waals surface area (Å²) < 4.78 is 18.9. The Bertz CT molecular complexity index is 1120. The van der Waals surface area contributed by atoms with E-state index in [0.29, 0.717) is 37.2 Å². The number of carbonyl (C=O) groups is 2. The Hall–Kier alpha value is -3.07. The molecular weight excluding hydrogens is 455 g/mol. The van der Waals surface area contributed by atoms with Crippen LogP contribution in [0.25, 0.3) is 0 Å². The first-order valence-electron chi connectivity index (χ1n) is 11.3. The van der Waals surface area contributed by atoms with Crippen LogP contribution in [0, 0.1) is 17.2 Å². The van der Waals surface area contributed by atoms with Gasteiger partial charge in [0.05, 0.1) is 16.6 Å². The minimum atomic E-state index is -0.879. The number of carbonyl (C=O) groups excluding carboxylic acids is 2. The average Bonchev–Trinajstić information content (AvgIpc) is 3.33. The third kappa shape index (κ3) is 4.89. The summed E-state index contributed by atoms with van der Waals surface area (Å²) in [4.78, 5) is 37.4. The van der Waals surface area contributed by atoms with Gasteiger partial charge in [0.1, 0.15) is 17.1 Å². The van der Waals surface area contributed by atoms with Crippen molar-refractivity contribution in [3.63, 3.8) is 0 Å². The molecule has 1 saturated heterocycles. The Balaban J connectivity index is 1.70. The van der Waals surface area contributed by atoms with Gasteiger partial charge in [-0.2, -0.15) is 0 Å². The van der Waals surface area contributed by atoms with Gasteiger partial charge in [0, 0.05) is 24.2 Å². The number of hydrogen-bond donors (Lipinski definition) is 1. The van der Waals surface area contributed by atoms with Gasteiger partial charge in [-0.25, -0.2) is 14.2 Å². The zero-order chi connectivity index (χ0) is 24.5. The SMILES string of the molecule is CC(C)(C)OC(=O)N1CC[C@H]2CC(=Nc3ccc(F)cc3)C(=CN)C[C@]2(C(=O)c2cscn2)C1. The molecule has 0 radical (unpaired) electrons. The lowest BCUT2D eigenvalue weighted by Gasteiger charge is -2.50. The molecular formula is C25H29FN4O3S. The number of nitrogens with two attached hydrogens (primary N) is 1. The second-order valence-corrected chi connectivity index (χ2v) is 10.6. The van der Waals surface area contributed by atoms with Crippen LogP contribution in [0.5, 0.6) is 0 Å². The number of aliphatic imine (C=N–C) groups is 1. The number of likely N-dealkylation sites (tertiary alicyclic amines) is 1. The first-order valence-corrected chi connectivity index (χ1v) is 12.2. The van der Waals surface area contributed by atoms with Crippen LogP contribution in [-0.4, -0.2) is 46.2 Å². The molecule has 1 aromatic carbocycles. The third-order valence-corrected chi connectivity index (χ3v) is 6.97. The number of hydrogen-bond acceptors (Lipinski definition) is 7. The predicted molar refractivity (Wildman–Crippen MR) is 130 cm³/mol. The Morgan fingerprint density at radius 1 is 1.32 bits per heavy atom. The molecule has 2 N–H and O–H groups in total. The standard InChI is InChI=1S/C25H29FN4O3S/c1-24(2,3)33-23(32)30-9-8-17-10-20(29-19-6-4-18(26)5-7-19)16(12-27)11-25(17,14-30)22(31)21-13-34-15-28-21/h4-7,12-13,15,17H,8-11,14,27H2,1-3H3/t17-,25-/m0/s1. The van der Waals surface area contributed by atoms with Gasteiger partial charge in [0.25, 0.3) is 0 Å². The predicted octanol–water partition coefficient (Wildman–Crippen LogP) is 5.12. The molecule has 1 amide bonds. The summed E-state index contributed by atoms with van der Waals surface area (Å²) in [7, 11) is 0. The number of allylic oxidation sites excluding steroid dienone is 1. The summed E-state index contributed by atoms with van der Waals surface area (Å²) in [6.07, 6.45) is 2.54. The van der Waals surface area contributed by atoms with Crippen LogP contribution in [0.15, 0.2) is 51.9 Å². The highest BCUT2D eigenvalue weighted by Crippen LogP contribution is 2.49. The number of aromatic nitrogens is 1. The lowest BCUT2D eigenvalue weighted by atomic mass is 9.58. The summed E-state index contributed by atoms with van der Waals surface area (Å²) in [5.41, 5.74) is 8.69. The fourth-order valence-corrected chi connectivity index (χ4v) is 5.32. The molecule has 0 spiro atoms. The van der Waals surface area contributed by atoms with Gasteiger partial charge in [0.2, 0.25) is 0 Å². The topological polar surface area (TPSA) is 97.9 Å². The van der Waals surface area contributed by atoms with E-state index in [1.807, 2.05) is 20.8 Å². The average molecular weight is 485 g/mol. The molecule has 1 aliphatic carbocycles. The summed E-state index contributed by atoms with van der Waals surface area (Å²) in [5.74, 6) is -0.472. The molecule has 34 heavy (non-hydrogen) atoms. The van der Waals surface area contributed by atoms with Gasteiger partial charge in [-0.1, -0.05) is 0 Å². The van der Waals surface area contributed by atoms with Crippen LogP contribution < -0.4 is 5.73 Å². The van der Waals surface area contributed by atoms with Gasteiger partial charge in [0.15, 0.2) is 5.78 Å². The van der Waals surface area contributed by atoms with Crippen LogP contribution in [0.3, 0.4) is 0 Å². The van der Waals surface area contributed by atoms with Crippen molar-refractivity contribution in [3.8, 4) is 0 Å². The Morgan fingerprint density at radius 2 is 2.06 bits per heavy atom. The largest absolute Gasteiger partial charge is 0.444 e. The monoisotopic (exact) mass is 484 g/mol. The van der Waals surface area contributed by atoms with Gasteiger partial charge < -0.3 is 15.4 Å². The minimum absolute atomic E-state index is 0.0525. The maximum atomic E-state index is 13.9. The van der Waals surface area contributed by atoms with E-state index < -0.39 is 17.1 Å². The van der Waals surface area contributed by atoms with Crippen molar-refractivity contribution in [2.24, 2.45) is 22.1 Å². The molecule has 1 saturated carbocycles. The summed E-state index contributed by atoms with van der Waals surface area (Å²) in [6, 6.07) is 5.96. The number of nitrogens with zero attached hydrogens (tertiary/aromatic N) is 3. The minimum Gasteiger partial charge on any atom is -0.444 e. The van der Waals surface area contributed by atoms with Crippen molar-refractivity contribution in [1.82, 2.24) is 9.88 Å². The number of Topliss-reactive ketones (excluding diaryl/α,β-unsaturated/α-hetero) is 1. The molecule has 9 heteroatoms. The van der Waals surface area contributed by atoms with Gasteiger partial charge in [-0.15, -0.1) is 11.3 Å². The number of ketones is 1. The molecule has 2 aromatic rings. The zero-order valence-electron chi connectivity index (χ0n) is 19.6. The van der Waals surface area contributed by atoms with Crippen LogP contribution in [0.2, 0.25) is 0 Å². The smallest absolute Gasteiger partial charge is 0.410 e. The second kappa shape index (κ2) is 9.29. The molecule has 2 fully saturated rings. The number of amides is 1. The highest BCUT2D eigenvalue weighted by molar-refractivity contribution is 7.07. The van der Waals surface area contributed by atoms with E-state index in [-0.39, 0.29) is 24.1 Å². The maximum absolute atomic E-state index is 13.9. The molecule has 2 heterocycles. The number of fused-ring (bicyclic) bond motifs is 1. The normalized spacial score (nSPS) is 25.3. The van der Waals surface area contributed by atoms with Crippen molar-refractivity contribution in [2.45, 2.75) is 45.6 Å². The molecule has 1 aromatic heterocycles. The van der Waals surface area contributed by atoms with Gasteiger partial charge >= 0.3 is 6.09 Å². The maximum Gasteiger partial charge on any atom is 0.410 e. The van der Waals surface area contributed by atoms with E-state index in [4.69, 9.17) is 15.5 Å². The Morgan fingerprint density at radius 3 is 2.68 bits per heavy atom. The second-order valence-electron chi connectivity index (χ2n) is 9.85. The molecule has 180 valence electrons. The van der Waals surface area contributed by atoms with E-state index in [1.165, 1.54) is 29.7 Å². The highest BCUT2D eigenvalue weighted by atomic mass is 32.1. The number of piperidine rings is 1. The van der Waals surface area contributed by atoms with Crippen LogP contribution in [0.4, 0.5) is 14.9 Å². The quantitative estimate of drug-likeness (QED) is 0.610. The number of benzene rings is 1. The third-order valence-electron chi connectivity index (χ3n) is 6.38. The molecule has 2 aliphatic rings. The lowest BCUT2D eigenvalue weighted by Crippen LogP contribution is -2.57. The molecule has 2 atom stereocenters. The van der Waals surface area contributed by atoms with Crippen LogP contribution in [-0.2, 0) is 4.74 Å². The summed E-state index contributed by atoms with van der Waals surface area (Å²) in [6.45, 7) is 6.17. The van der Waals surface area contributed by atoms with Crippen molar-refractivity contribution < 1.29 is 18.7 Å². The first kappa shape index (κ1) is 24.1. The first-order chi connectivity index (χ1) is 16.1. The molecule has 7 nitrogen and oxygen atoms in total. The fraction of sp³-hybridized carbons (Fsp3) is 0.440. The van der Waals surface area contributed by atoms with E-state index in [2.05, 4.69) is 4.98 Å². The molecule has 4 rings (SSSR count). The van der Waals surface area contributed by atoms with Crippen molar-refractivity contribution >= 4 is 34.6 Å². The summed E-state index contributed by atoms with van der Waals surface area (Å²) >= 11 is 1.36. The Kier molecular flexibility index (Phi) is 6.58. The van der Waals surface area contributed by atoms with E-state index in [9.17, 15) is 14.0 Å². The van der Waals surface area contributed by atoms with Crippen LogP contribution >= 0.6 is 11.3 Å². The molecule has 1 aliphatic heterocycles. The van der Waals surface area contributed by atoms with Gasteiger partial charge in [-0.3, -0.25) is 9.79 Å². The van der Waals surface area contributed by atoms with E-state index in [0.717, 1.165) is 11.3 Å². The van der Waals surface area contributed by atoms with E-state index in [1.54, 1.807) is 27.9 Å². The molecule has 0 unspecified atom stereocenters. The fourth-order valence-electron chi connectivity index (χ4n) is 4.78. The molecule has 0 bridgehead atoms. The number of ether oxygens (including phenoxy) is 1. The zero-order valence-corrected chi connectivity index (χ0v) is 20.4. The lowest BCUT2D eigenvalue weighted by molar-refractivity contribution is -0.00829. The number of thiazole rings is 1. The van der Waals surface area contributed by atoms with Crippen LogP contribution in [0.1, 0.15) is 50.5 Å². The number of rotatable bonds is 3. The number of halogens is 1. The van der Waals surface area contributed by atoms with Crippen molar-refractivity contribution in [3.05, 3.63) is 58.4 Å². The van der Waals surface area contributed by atoms with Crippen molar-refractivity contribution in [1.29, 1.82) is 0 Å². The van der Waals surface area contributed by atoms with E-state index >= 15 is 0 Å². The van der Waals surface area contributed by atoms with Crippen molar-refractivity contribution in [2.75, 3.05) is 13.1 Å². The summed E-state index contributed by atoms with van der Waals surface area (Å²) in [5, 5.41) is 1.74.